The van der Waals surface area contributed by atoms with Gasteiger partial charge in [-0.2, -0.15) is 0 Å². The second kappa shape index (κ2) is 9.21. The number of rotatable bonds is 6. The molecule has 2 aromatic carbocycles. The van der Waals surface area contributed by atoms with Gasteiger partial charge in [-0.25, -0.2) is 4.57 Å². The van der Waals surface area contributed by atoms with E-state index in [1.54, 1.807) is 6.07 Å². The summed E-state index contributed by atoms with van der Waals surface area (Å²) in [6, 6.07) is 20.3. The normalized spacial score (nSPS) is 9.96. The van der Waals surface area contributed by atoms with E-state index in [9.17, 15) is 4.79 Å². The van der Waals surface area contributed by atoms with Crippen molar-refractivity contribution < 1.29 is 26.5 Å². The van der Waals surface area contributed by atoms with Crippen molar-refractivity contribution in [1.82, 2.24) is 0 Å². The zero-order chi connectivity index (χ0) is 16.8. The third kappa shape index (κ3) is 5.05. The van der Waals surface area contributed by atoms with E-state index in [4.69, 9.17) is 16.3 Å². The first-order valence-corrected chi connectivity index (χ1v) is 8.08. The Morgan fingerprint density at radius 1 is 0.880 bits per heavy atom. The van der Waals surface area contributed by atoms with E-state index in [1.807, 2.05) is 77.6 Å². The molecule has 1 aromatic heterocycles. The monoisotopic (exact) mass is 373 g/mol. The van der Waals surface area contributed by atoms with E-state index in [1.165, 1.54) is 0 Å². The number of aromatic nitrogens is 1. The Balaban J connectivity index is 0.00000225. The van der Waals surface area contributed by atoms with Crippen molar-refractivity contribution in [2.45, 2.75) is 6.54 Å². The molecular weight excluding hydrogens is 357 g/mol. The molecule has 0 amide bonds. The second-order valence-electron chi connectivity index (χ2n) is 5.30. The molecule has 3 aromatic rings. The molecule has 0 saturated carbocycles. The molecule has 0 bridgehead atoms. The molecule has 0 radical (unpaired) electrons. The third-order valence-electron chi connectivity index (χ3n) is 3.63. The van der Waals surface area contributed by atoms with E-state index < -0.39 is 0 Å². The molecule has 0 spiro atoms. The predicted octanol–water partition coefficient (Wildman–Crippen LogP) is 0.941. The zero-order valence-corrected chi connectivity index (χ0v) is 15.0. The van der Waals surface area contributed by atoms with E-state index >= 15 is 0 Å². The number of para-hydroxylation sites is 1. The molecule has 1 heterocycles. The Kier molecular flexibility index (Phi) is 6.99. The van der Waals surface area contributed by atoms with Crippen LogP contribution in [0.25, 0.3) is 0 Å². The lowest BCUT2D eigenvalue weighted by molar-refractivity contribution is -0.697. The Morgan fingerprint density at radius 2 is 1.48 bits per heavy atom. The average molecular weight is 374 g/mol. The smallest absolute Gasteiger partial charge is 0.193 e. The van der Waals surface area contributed by atoms with E-state index in [0.29, 0.717) is 35.1 Å². The molecule has 0 aliphatic rings. The van der Waals surface area contributed by atoms with Gasteiger partial charge in [-0.1, -0.05) is 54.1 Å². The number of ketones is 1. The lowest BCUT2D eigenvalue weighted by Gasteiger charge is -2.06. The lowest BCUT2D eigenvalue weighted by Crippen LogP contribution is -3.00. The number of hydrogen-bond donors (Lipinski definition) is 0. The Hall–Kier alpha value is -2.36. The number of benzene rings is 2. The van der Waals surface area contributed by atoms with Crippen molar-refractivity contribution >= 4 is 17.4 Å². The van der Waals surface area contributed by atoms with Crippen LogP contribution in [0.5, 0.6) is 5.75 Å². The van der Waals surface area contributed by atoms with Crippen LogP contribution in [0, 0.1) is 0 Å². The van der Waals surface area contributed by atoms with Crippen molar-refractivity contribution in [3.63, 3.8) is 0 Å². The quantitative estimate of drug-likeness (QED) is 0.475. The highest BCUT2D eigenvalue weighted by Gasteiger charge is 2.10. The van der Waals surface area contributed by atoms with Gasteiger partial charge in [0.2, 0.25) is 0 Å². The first-order valence-electron chi connectivity index (χ1n) is 7.70. The predicted molar refractivity (Wildman–Crippen MR) is 93.5 cm³/mol. The van der Waals surface area contributed by atoms with Gasteiger partial charge < -0.3 is 17.1 Å². The van der Waals surface area contributed by atoms with Crippen LogP contribution >= 0.6 is 11.6 Å². The number of hydrogen-bond acceptors (Lipinski definition) is 2. The lowest BCUT2D eigenvalue weighted by atomic mass is 10.0. The molecule has 0 N–H and O–H groups in total. The van der Waals surface area contributed by atoms with Crippen LogP contribution in [0.2, 0.25) is 5.02 Å². The van der Waals surface area contributed by atoms with Crippen LogP contribution in [-0.2, 0) is 6.54 Å². The van der Waals surface area contributed by atoms with Crippen LogP contribution in [0.4, 0.5) is 0 Å². The summed E-state index contributed by atoms with van der Waals surface area (Å²) in [6.45, 7) is 1.17. The maximum Gasteiger partial charge on any atom is 0.193 e. The minimum Gasteiger partial charge on any atom is -1.00 e. The van der Waals surface area contributed by atoms with E-state index in [2.05, 4.69) is 0 Å². The molecule has 0 unspecified atom stereocenters. The zero-order valence-electron chi connectivity index (χ0n) is 13.4. The van der Waals surface area contributed by atoms with Crippen molar-refractivity contribution in [1.29, 1.82) is 0 Å². The maximum absolute atomic E-state index is 12.3. The SMILES string of the molecule is O=C(c1ccccc1)c1cc[n+](CCOc2ccccc2Cl)cc1.[Cl-]. The minimum absolute atomic E-state index is 0. The first-order chi connectivity index (χ1) is 11.7. The van der Waals surface area contributed by atoms with Gasteiger partial charge in [-0.15, -0.1) is 0 Å². The molecule has 0 atom stereocenters. The molecule has 25 heavy (non-hydrogen) atoms. The summed E-state index contributed by atoms with van der Waals surface area (Å²) in [5.74, 6) is 0.700. The Morgan fingerprint density at radius 3 is 2.16 bits per heavy atom. The fourth-order valence-corrected chi connectivity index (χ4v) is 2.53. The number of carbonyl (C=O) groups excluding carboxylic acids is 1. The third-order valence-corrected chi connectivity index (χ3v) is 3.95. The van der Waals surface area contributed by atoms with Gasteiger partial charge in [0.15, 0.2) is 24.7 Å². The molecule has 5 heteroatoms. The fourth-order valence-electron chi connectivity index (χ4n) is 2.34. The summed E-state index contributed by atoms with van der Waals surface area (Å²) in [7, 11) is 0. The number of pyridine rings is 1. The van der Waals surface area contributed by atoms with Crippen LogP contribution < -0.4 is 21.7 Å². The molecule has 0 aliphatic carbocycles. The molecule has 128 valence electrons. The highest BCUT2D eigenvalue weighted by molar-refractivity contribution is 6.32. The Bertz CT molecular complexity index is 821. The molecule has 0 aliphatic heterocycles. The molecule has 0 saturated heterocycles. The number of nitrogens with zero attached hydrogens (tertiary/aromatic N) is 1. The van der Waals surface area contributed by atoms with Crippen LogP contribution in [0.3, 0.4) is 0 Å². The van der Waals surface area contributed by atoms with Crippen LogP contribution in [-0.4, -0.2) is 12.4 Å². The molecule has 0 fully saturated rings. The number of ether oxygens (including phenoxy) is 1. The van der Waals surface area contributed by atoms with Gasteiger partial charge in [0.05, 0.1) is 5.02 Å². The summed E-state index contributed by atoms with van der Waals surface area (Å²) in [5.41, 5.74) is 1.36. The van der Waals surface area contributed by atoms with Crippen molar-refractivity contribution in [3.05, 3.63) is 95.3 Å². The van der Waals surface area contributed by atoms with Gasteiger partial charge in [0.1, 0.15) is 12.4 Å². The topological polar surface area (TPSA) is 30.2 Å². The second-order valence-corrected chi connectivity index (χ2v) is 5.71. The highest BCUT2D eigenvalue weighted by atomic mass is 35.5. The summed E-state index contributed by atoms with van der Waals surface area (Å²) in [6.07, 6.45) is 3.76. The van der Waals surface area contributed by atoms with Gasteiger partial charge in [-0.3, -0.25) is 4.79 Å². The van der Waals surface area contributed by atoms with Crippen LogP contribution in [0.1, 0.15) is 15.9 Å². The molecular formula is C20H17Cl2NO2. The maximum atomic E-state index is 12.3. The van der Waals surface area contributed by atoms with Crippen LogP contribution in [0.15, 0.2) is 79.1 Å². The van der Waals surface area contributed by atoms with Gasteiger partial charge in [0, 0.05) is 23.3 Å². The minimum atomic E-state index is 0. The highest BCUT2D eigenvalue weighted by Crippen LogP contribution is 2.22. The average Bonchev–Trinajstić information content (AvgIpc) is 2.64. The van der Waals surface area contributed by atoms with Crippen molar-refractivity contribution in [3.8, 4) is 5.75 Å². The van der Waals surface area contributed by atoms with Gasteiger partial charge in [-0.05, 0) is 12.1 Å². The summed E-state index contributed by atoms with van der Waals surface area (Å²) in [5, 5.41) is 0.603. The van der Waals surface area contributed by atoms with Crippen molar-refractivity contribution in [2.24, 2.45) is 0 Å². The summed E-state index contributed by atoms with van der Waals surface area (Å²) < 4.78 is 7.64. The number of carbonyl (C=O) groups is 1. The Labute approximate surface area is 158 Å². The summed E-state index contributed by atoms with van der Waals surface area (Å²) in [4.78, 5) is 12.3. The van der Waals surface area contributed by atoms with Gasteiger partial charge >= 0.3 is 0 Å². The van der Waals surface area contributed by atoms with Crippen molar-refractivity contribution in [2.75, 3.05) is 6.61 Å². The van der Waals surface area contributed by atoms with E-state index in [0.717, 1.165) is 0 Å². The molecule has 3 nitrogen and oxygen atoms in total. The molecule has 3 rings (SSSR count). The first kappa shape index (κ1) is 19.0. The summed E-state index contributed by atoms with van der Waals surface area (Å²) >= 11 is 6.05. The fraction of sp³-hybridized carbons (Fsp3) is 0.100. The standard InChI is InChI=1S/C20H17ClNO2.ClH/c21-18-8-4-5-9-19(18)24-15-14-22-12-10-17(11-13-22)20(23)16-6-2-1-3-7-16;/h1-13H,14-15H2;1H/q+1;/p-1. The largest absolute Gasteiger partial charge is 1.00 e. The van der Waals surface area contributed by atoms with Gasteiger partial charge in [0.25, 0.3) is 0 Å². The van der Waals surface area contributed by atoms with E-state index in [-0.39, 0.29) is 18.2 Å². The number of halogens is 2.